The summed E-state index contributed by atoms with van der Waals surface area (Å²) in [6.07, 6.45) is 78.7. The molecule has 9 heteroatoms. The minimum Gasteiger partial charge on any atom is -0.477 e. The molecule has 0 fully saturated rings. The van der Waals surface area contributed by atoms with Gasteiger partial charge in [0.1, 0.15) is 13.2 Å². The molecule has 0 rings (SSSR count). The molecule has 464 valence electrons. The fraction of sp³-hybridized carbons (Fsp3) is 0.789. The van der Waals surface area contributed by atoms with E-state index < -0.39 is 24.3 Å². The minimum atomic E-state index is -1.51. The van der Waals surface area contributed by atoms with Crippen molar-refractivity contribution in [2.75, 3.05) is 47.5 Å². The van der Waals surface area contributed by atoms with Crippen LogP contribution >= 0.6 is 0 Å². The van der Waals surface area contributed by atoms with Gasteiger partial charge in [-0.05, 0) is 83.5 Å². The Balaban J connectivity index is 4.03. The van der Waals surface area contributed by atoms with E-state index >= 15 is 0 Å². The first-order chi connectivity index (χ1) is 39.1. The van der Waals surface area contributed by atoms with Crippen LogP contribution in [0.4, 0.5) is 0 Å². The predicted octanol–water partition coefficient (Wildman–Crippen LogP) is 20.5. The van der Waals surface area contributed by atoms with E-state index in [1.807, 2.05) is 21.1 Å². The van der Waals surface area contributed by atoms with Crippen molar-refractivity contribution in [2.45, 2.75) is 315 Å². The highest BCUT2D eigenvalue weighted by atomic mass is 16.7. The van der Waals surface area contributed by atoms with E-state index in [9.17, 15) is 19.5 Å². The van der Waals surface area contributed by atoms with Gasteiger partial charge in [0.05, 0.1) is 34.4 Å². The summed E-state index contributed by atoms with van der Waals surface area (Å²) in [5.41, 5.74) is 0. The van der Waals surface area contributed by atoms with Crippen LogP contribution in [0.15, 0.2) is 72.9 Å². The molecule has 0 amide bonds. The number of carbonyl (C=O) groups excluding carboxylic acids is 2. The lowest BCUT2D eigenvalue weighted by molar-refractivity contribution is -0.870. The van der Waals surface area contributed by atoms with E-state index in [1.54, 1.807) is 0 Å². The van der Waals surface area contributed by atoms with Crippen LogP contribution in [0.2, 0.25) is 0 Å². The number of esters is 2. The zero-order chi connectivity index (χ0) is 58.3. The molecule has 0 aromatic carbocycles. The van der Waals surface area contributed by atoms with Gasteiger partial charge in [-0.3, -0.25) is 9.59 Å². The number of carboxylic acid groups (broad SMARTS) is 1. The third-order valence-electron chi connectivity index (χ3n) is 14.7. The maximum Gasteiger partial charge on any atom is 0.361 e. The van der Waals surface area contributed by atoms with Gasteiger partial charge in [-0.2, -0.15) is 0 Å². The Labute approximate surface area is 494 Å². The summed E-state index contributed by atoms with van der Waals surface area (Å²) in [6, 6.07) is 0. The summed E-state index contributed by atoms with van der Waals surface area (Å²) in [4.78, 5) is 37.5. The van der Waals surface area contributed by atoms with Crippen molar-refractivity contribution in [3.8, 4) is 0 Å². The first-order valence-corrected chi connectivity index (χ1v) is 33.6. The molecular formula is C71H128NO8+. The van der Waals surface area contributed by atoms with Crippen molar-refractivity contribution in [3.05, 3.63) is 72.9 Å². The van der Waals surface area contributed by atoms with Crippen LogP contribution in [0.3, 0.4) is 0 Å². The van der Waals surface area contributed by atoms with Crippen molar-refractivity contribution in [2.24, 2.45) is 0 Å². The molecule has 0 saturated carbocycles. The summed E-state index contributed by atoms with van der Waals surface area (Å²) in [5.74, 6) is -1.99. The molecule has 0 heterocycles. The fourth-order valence-corrected chi connectivity index (χ4v) is 9.57. The molecule has 0 aromatic heterocycles. The number of quaternary nitrogens is 1. The molecule has 2 unspecified atom stereocenters. The van der Waals surface area contributed by atoms with E-state index in [2.05, 4.69) is 86.8 Å². The lowest BCUT2D eigenvalue weighted by Gasteiger charge is -2.25. The Morgan fingerprint density at radius 3 is 1.07 bits per heavy atom. The lowest BCUT2D eigenvalue weighted by Crippen LogP contribution is -2.40. The zero-order valence-corrected chi connectivity index (χ0v) is 53.0. The Bertz CT molecular complexity index is 1540. The summed E-state index contributed by atoms with van der Waals surface area (Å²) >= 11 is 0. The largest absolute Gasteiger partial charge is 0.477 e. The van der Waals surface area contributed by atoms with Gasteiger partial charge in [-0.25, -0.2) is 4.79 Å². The highest BCUT2D eigenvalue weighted by Gasteiger charge is 2.25. The number of hydrogen-bond donors (Lipinski definition) is 1. The van der Waals surface area contributed by atoms with E-state index in [-0.39, 0.29) is 32.2 Å². The minimum absolute atomic E-state index is 0.182. The SMILES string of the molecule is CC/C=C\C/C=C\C/C=C\C/C=C\C/C=C\CCCCCCCCCCCCCCCCCCCCCCCC(=O)OC(COC(=O)CCCCCCCCC/C=C\CCCCCCCCC)COC(OCC[N+](C)(C)C)C(=O)O. The van der Waals surface area contributed by atoms with Gasteiger partial charge in [0.15, 0.2) is 6.10 Å². The molecule has 0 saturated heterocycles. The average Bonchev–Trinajstić information content (AvgIpc) is 3.43. The van der Waals surface area contributed by atoms with Crippen molar-refractivity contribution >= 4 is 17.9 Å². The molecule has 0 aliphatic rings. The standard InChI is InChI=1S/C71H127NO8/c1-6-8-10-12-14-16-18-20-22-24-26-27-28-29-30-31-32-33-34-35-36-37-38-39-40-41-42-43-44-46-48-50-52-54-56-58-60-62-69(74)80-67(66-79-71(70(75)76)77-64-63-72(3,4)5)65-78-68(73)61-59-57-55-53-51-49-47-45-25-23-21-19-17-15-13-11-9-7-2/h8,10,14,16,20,22-23,25-27,29-30,67,71H,6-7,9,11-13,15,17-19,21,24,28,31-66H2,1-5H3/p+1/b10-8-,16-14-,22-20-,25-23-,27-26-,30-29-. The molecule has 9 nitrogen and oxygen atoms in total. The number of allylic oxidation sites excluding steroid dienone is 12. The van der Waals surface area contributed by atoms with Gasteiger partial charge < -0.3 is 28.5 Å². The molecule has 2 atom stereocenters. The number of likely N-dealkylation sites (N-methyl/N-ethyl adjacent to an activating group) is 1. The molecule has 1 N–H and O–H groups in total. The number of hydrogen-bond acceptors (Lipinski definition) is 7. The first kappa shape index (κ1) is 76.7. The maximum absolute atomic E-state index is 12.9. The van der Waals surface area contributed by atoms with E-state index in [1.165, 1.54) is 205 Å². The van der Waals surface area contributed by atoms with Gasteiger partial charge in [0.25, 0.3) is 6.29 Å². The zero-order valence-electron chi connectivity index (χ0n) is 53.0. The topological polar surface area (TPSA) is 108 Å². The number of ether oxygens (including phenoxy) is 4. The van der Waals surface area contributed by atoms with E-state index in [0.717, 1.165) is 70.6 Å². The quantitative estimate of drug-likeness (QED) is 0.0211. The van der Waals surface area contributed by atoms with Gasteiger partial charge in [0, 0.05) is 12.8 Å². The second kappa shape index (κ2) is 61.8. The third-order valence-corrected chi connectivity index (χ3v) is 14.7. The first-order valence-electron chi connectivity index (χ1n) is 33.6. The van der Waals surface area contributed by atoms with Gasteiger partial charge in [-0.15, -0.1) is 0 Å². The van der Waals surface area contributed by atoms with Crippen molar-refractivity contribution in [1.82, 2.24) is 0 Å². The Morgan fingerprint density at radius 1 is 0.388 bits per heavy atom. The monoisotopic (exact) mass is 1120 g/mol. The molecule has 0 aromatic rings. The molecule has 0 aliphatic heterocycles. The second-order valence-electron chi connectivity index (χ2n) is 23.7. The summed E-state index contributed by atoms with van der Waals surface area (Å²) < 4.78 is 22.9. The number of nitrogens with zero attached hydrogens (tertiary/aromatic N) is 1. The van der Waals surface area contributed by atoms with Crippen LogP contribution in [0.1, 0.15) is 303 Å². The van der Waals surface area contributed by atoms with Crippen LogP contribution in [-0.2, 0) is 33.3 Å². The van der Waals surface area contributed by atoms with Crippen molar-refractivity contribution < 1.29 is 42.9 Å². The number of carbonyl (C=O) groups is 3. The number of rotatable bonds is 62. The maximum atomic E-state index is 12.9. The summed E-state index contributed by atoms with van der Waals surface area (Å²) in [5, 5.41) is 9.73. The summed E-state index contributed by atoms with van der Waals surface area (Å²) in [6.45, 7) is 4.79. The molecule has 0 radical (unpaired) electrons. The lowest BCUT2D eigenvalue weighted by atomic mass is 10.0. The number of unbranched alkanes of at least 4 members (excludes halogenated alkanes) is 35. The van der Waals surface area contributed by atoms with E-state index in [4.69, 9.17) is 18.9 Å². The normalized spacial score (nSPS) is 13.2. The second-order valence-corrected chi connectivity index (χ2v) is 23.7. The van der Waals surface area contributed by atoms with Crippen molar-refractivity contribution in [1.29, 1.82) is 0 Å². The Hall–Kier alpha value is -3.27. The van der Waals surface area contributed by atoms with E-state index in [0.29, 0.717) is 17.4 Å². The molecule has 0 aliphatic carbocycles. The average molecular weight is 1120 g/mol. The predicted molar refractivity (Wildman–Crippen MR) is 341 cm³/mol. The molecular weight excluding hydrogens is 995 g/mol. The van der Waals surface area contributed by atoms with Crippen LogP contribution < -0.4 is 0 Å². The van der Waals surface area contributed by atoms with Gasteiger partial charge >= 0.3 is 17.9 Å². The van der Waals surface area contributed by atoms with Crippen molar-refractivity contribution in [3.63, 3.8) is 0 Å². The summed E-state index contributed by atoms with van der Waals surface area (Å²) in [7, 11) is 5.98. The molecule has 0 spiro atoms. The fourth-order valence-electron chi connectivity index (χ4n) is 9.57. The highest BCUT2D eigenvalue weighted by Crippen LogP contribution is 2.18. The third kappa shape index (κ3) is 62.3. The van der Waals surface area contributed by atoms with Gasteiger partial charge in [-0.1, -0.05) is 279 Å². The Morgan fingerprint density at radius 2 is 0.713 bits per heavy atom. The van der Waals surface area contributed by atoms with Gasteiger partial charge in [0.2, 0.25) is 0 Å². The highest BCUT2D eigenvalue weighted by molar-refractivity contribution is 5.71. The van der Waals surface area contributed by atoms with Crippen LogP contribution in [0.25, 0.3) is 0 Å². The number of carboxylic acids is 1. The smallest absolute Gasteiger partial charge is 0.361 e. The van der Waals surface area contributed by atoms with Crippen LogP contribution in [0.5, 0.6) is 0 Å². The molecule has 0 bridgehead atoms. The van der Waals surface area contributed by atoms with Crippen LogP contribution in [-0.4, -0.2) is 87.4 Å². The Kier molecular flexibility index (Phi) is 59.3. The van der Waals surface area contributed by atoms with Crippen LogP contribution in [0, 0.1) is 0 Å². The number of aliphatic carboxylic acids is 1. The molecule has 80 heavy (non-hydrogen) atoms.